The zero-order valence-electron chi connectivity index (χ0n) is 9.02. The Morgan fingerprint density at radius 2 is 1.94 bits per heavy atom. The van der Waals surface area contributed by atoms with Crippen LogP contribution in [0.1, 0.15) is 0 Å². The van der Waals surface area contributed by atoms with Crippen molar-refractivity contribution in [3.8, 4) is 17.0 Å². The largest absolute Gasteiger partial charge is 0.506 e. The molecule has 3 nitrogen and oxygen atoms in total. The lowest BCUT2D eigenvalue weighted by Crippen LogP contribution is -1.83. The van der Waals surface area contributed by atoms with Crippen LogP contribution in [0.25, 0.3) is 22.2 Å². The van der Waals surface area contributed by atoms with Crippen molar-refractivity contribution in [2.45, 2.75) is 0 Å². The molecule has 18 heavy (non-hydrogen) atoms. The lowest BCUT2D eigenvalue weighted by atomic mass is 10.1. The molecule has 0 aliphatic carbocycles. The van der Waals surface area contributed by atoms with Crippen LogP contribution in [0.4, 0.5) is 4.39 Å². The average molecular weight is 264 g/mol. The Morgan fingerprint density at radius 1 is 1.17 bits per heavy atom. The van der Waals surface area contributed by atoms with Crippen LogP contribution in [0.2, 0.25) is 5.02 Å². The number of phenolic OH excluding ortho intramolecular Hbond substituents is 1. The summed E-state index contributed by atoms with van der Waals surface area (Å²) in [5.74, 6) is -0.489. The van der Waals surface area contributed by atoms with E-state index >= 15 is 0 Å². The number of hydrogen-bond acceptors (Lipinski definition) is 3. The molecule has 1 heterocycles. The first-order valence-electron chi connectivity index (χ1n) is 5.20. The van der Waals surface area contributed by atoms with Gasteiger partial charge in [0.25, 0.3) is 0 Å². The van der Waals surface area contributed by atoms with Gasteiger partial charge in [0, 0.05) is 5.56 Å². The second-order valence-electron chi connectivity index (χ2n) is 3.79. The number of halogens is 2. The standard InChI is InChI=1S/C13H7ClFNO2/c14-11-10(17)6-5-8-12(16-18-13(8)11)7-3-1-2-4-9(7)15/h1-6,17H. The lowest BCUT2D eigenvalue weighted by Gasteiger charge is -1.99. The number of fused-ring (bicyclic) bond motifs is 1. The molecule has 0 spiro atoms. The minimum Gasteiger partial charge on any atom is -0.506 e. The summed E-state index contributed by atoms with van der Waals surface area (Å²) in [4.78, 5) is 0. The molecule has 1 N–H and O–H groups in total. The van der Waals surface area contributed by atoms with Gasteiger partial charge in [-0.15, -0.1) is 0 Å². The van der Waals surface area contributed by atoms with E-state index in [4.69, 9.17) is 16.1 Å². The van der Waals surface area contributed by atoms with Crippen molar-refractivity contribution < 1.29 is 14.0 Å². The Bertz CT molecular complexity index is 739. The van der Waals surface area contributed by atoms with Crippen LogP contribution in [0.3, 0.4) is 0 Å². The van der Waals surface area contributed by atoms with Crippen molar-refractivity contribution in [2.75, 3.05) is 0 Å². The van der Waals surface area contributed by atoms with Crippen LogP contribution < -0.4 is 0 Å². The molecule has 0 amide bonds. The monoisotopic (exact) mass is 263 g/mol. The third kappa shape index (κ3) is 1.54. The lowest BCUT2D eigenvalue weighted by molar-refractivity contribution is 0.451. The highest BCUT2D eigenvalue weighted by Gasteiger charge is 2.17. The second kappa shape index (κ2) is 3.99. The third-order valence-electron chi connectivity index (χ3n) is 2.69. The van der Waals surface area contributed by atoms with Crippen molar-refractivity contribution in [3.63, 3.8) is 0 Å². The predicted octanol–water partition coefficient (Wildman–Crippen LogP) is 3.99. The van der Waals surface area contributed by atoms with Gasteiger partial charge >= 0.3 is 0 Å². The number of aromatic hydroxyl groups is 1. The first-order valence-corrected chi connectivity index (χ1v) is 5.58. The van der Waals surface area contributed by atoms with E-state index in [0.29, 0.717) is 16.6 Å². The summed E-state index contributed by atoms with van der Waals surface area (Å²) in [6.07, 6.45) is 0. The van der Waals surface area contributed by atoms with Crippen LogP contribution in [-0.2, 0) is 0 Å². The van der Waals surface area contributed by atoms with Crippen LogP contribution in [0, 0.1) is 5.82 Å². The van der Waals surface area contributed by atoms with E-state index in [0.717, 1.165) is 0 Å². The zero-order chi connectivity index (χ0) is 12.7. The van der Waals surface area contributed by atoms with Gasteiger partial charge in [-0.05, 0) is 24.3 Å². The zero-order valence-corrected chi connectivity index (χ0v) is 9.78. The van der Waals surface area contributed by atoms with E-state index in [-0.39, 0.29) is 16.4 Å². The summed E-state index contributed by atoms with van der Waals surface area (Å²) in [5, 5.41) is 13.9. The molecule has 3 aromatic rings. The molecule has 2 aromatic carbocycles. The Morgan fingerprint density at radius 3 is 2.72 bits per heavy atom. The number of rotatable bonds is 1. The number of phenols is 1. The average Bonchev–Trinajstić information content (AvgIpc) is 2.79. The highest BCUT2D eigenvalue weighted by atomic mass is 35.5. The summed E-state index contributed by atoms with van der Waals surface area (Å²) in [5.41, 5.74) is 0.943. The Balaban J connectivity index is 2.32. The van der Waals surface area contributed by atoms with Gasteiger partial charge in [-0.25, -0.2) is 4.39 Å². The van der Waals surface area contributed by atoms with Gasteiger partial charge in [0.1, 0.15) is 22.3 Å². The number of aromatic nitrogens is 1. The molecule has 0 saturated heterocycles. The fourth-order valence-electron chi connectivity index (χ4n) is 1.81. The van der Waals surface area contributed by atoms with Crippen LogP contribution in [0.15, 0.2) is 40.9 Å². The minimum absolute atomic E-state index is 0.0718. The maximum Gasteiger partial charge on any atom is 0.189 e. The van der Waals surface area contributed by atoms with E-state index in [1.54, 1.807) is 24.3 Å². The highest BCUT2D eigenvalue weighted by molar-refractivity contribution is 6.36. The molecule has 0 radical (unpaired) electrons. The summed E-state index contributed by atoms with van der Waals surface area (Å²) in [6.45, 7) is 0. The Hall–Kier alpha value is -2.07. The van der Waals surface area contributed by atoms with Crippen LogP contribution in [-0.4, -0.2) is 10.3 Å². The van der Waals surface area contributed by atoms with Gasteiger partial charge in [-0.2, -0.15) is 0 Å². The molecule has 0 atom stereocenters. The normalized spacial score (nSPS) is 11.0. The summed E-state index contributed by atoms with van der Waals surface area (Å²) < 4.78 is 18.8. The van der Waals surface area contributed by atoms with Crippen LogP contribution in [0.5, 0.6) is 5.75 Å². The third-order valence-corrected chi connectivity index (χ3v) is 3.05. The Labute approximate surface area is 106 Å². The molecule has 0 aliphatic heterocycles. The molecular weight excluding hydrogens is 257 g/mol. The molecule has 0 fully saturated rings. The van der Waals surface area contributed by atoms with Crippen LogP contribution >= 0.6 is 11.6 Å². The first kappa shape index (κ1) is 11.0. The quantitative estimate of drug-likeness (QED) is 0.722. The molecule has 0 unspecified atom stereocenters. The molecule has 0 saturated carbocycles. The maximum absolute atomic E-state index is 13.7. The van der Waals surface area contributed by atoms with Gasteiger partial charge in [0.2, 0.25) is 0 Å². The van der Waals surface area contributed by atoms with E-state index in [1.165, 1.54) is 12.1 Å². The van der Waals surface area contributed by atoms with E-state index in [2.05, 4.69) is 5.16 Å². The number of nitrogens with zero attached hydrogens (tertiary/aromatic N) is 1. The second-order valence-corrected chi connectivity index (χ2v) is 4.16. The fraction of sp³-hybridized carbons (Fsp3) is 0. The van der Waals surface area contributed by atoms with Crippen molar-refractivity contribution in [1.29, 1.82) is 0 Å². The molecular formula is C13H7ClFNO2. The smallest absolute Gasteiger partial charge is 0.189 e. The minimum atomic E-state index is -0.392. The van der Waals surface area contributed by atoms with E-state index < -0.39 is 5.82 Å². The van der Waals surface area contributed by atoms with Crippen molar-refractivity contribution in [1.82, 2.24) is 5.16 Å². The number of benzene rings is 2. The van der Waals surface area contributed by atoms with Gasteiger partial charge in [0.15, 0.2) is 5.58 Å². The highest BCUT2D eigenvalue weighted by Crippen LogP contribution is 2.37. The SMILES string of the molecule is Oc1ccc2c(-c3ccccc3F)noc2c1Cl. The van der Waals surface area contributed by atoms with Crippen molar-refractivity contribution in [2.24, 2.45) is 0 Å². The van der Waals surface area contributed by atoms with E-state index in [9.17, 15) is 9.50 Å². The predicted molar refractivity (Wildman–Crippen MR) is 66.1 cm³/mol. The van der Waals surface area contributed by atoms with Crippen molar-refractivity contribution in [3.05, 3.63) is 47.2 Å². The molecule has 1 aromatic heterocycles. The Kier molecular flexibility index (Phi) is 2.45. The molecule has 0 aliphatic rings. The van der Waals surface area contributed by atoms with E-state index in [1.807, 2.05) is 0 Å². The first-order chi connectivity index (χ1) is 8.68. The van der Waals surface area contributed by atoms with Gasteiger partial charge in [-0.3, -0.25) is 0 Å². The topological polar surface area (TPSA) is 46.3 Å². The van der Waals surface area contributed by atoms with Gasteiger partial charge in [-0.1, -0.05) is 28.9 Å². The molecule has 0 bridgehead atoms. The molecule has 3 rings (SSSR count). The maximum atomic E-state index is 13.7. The summed E-state index contributed by atoms with van der Waals surface area (Å²) >= 11 is 5.89. The van der Waals surface area contributed by atoms with Crippen molar-refractivity contribution >= 4 is 22.6 Å². The molecule has 90 valence electrons. The fourth-order valence-corrected chi connectivity index (χ4v) is 2.01. The van der Waals surface area contributed by atoms with Gasteiger partial charge in [0.05, 0.1) is 5.39 Å². The van der Waals surface area contributed by atoms with Gasteiger partial charge < -0.3 is 9.63 Å². The number of hydrogen-bond donors (Lipinski definition) is 1. The molecule has 5 heteroatoms. The summed E-state index contributed by atoms with van der Waals surface area (Å²) in [7, 11) is 0. The summed E-state index contributed by atoms with van der Waals surface area (Å²) in [6, 6.07) is 9.27.